The Morgan fingerprint density at radius 2 is 1.83 bits per heavy atom. The Kier molecular flexibility index (Phi) is 3.19. The zero-order valence-corrected chi connectivity index (χ0v) is 11.3. The molecule has 0 aromatic heterocycles. The summed E-state index contributed by atoms with van der Waals surface area (Å²) in [6, 6.07) is 11.7. The maximum Gasteiger partial charge on any atom is 0.130 e. The standard InChI is InChI=1S/C15H12Cl2O/c16-11-8-10-4-3-7-18-15(10)13(9-11)12-5-1-2-6-14(12)17/h1-2,5-6,8-9H,3-4,7H2. The molecule has 3 heteroatoms. The third-order valence-electron chi connectivity index (χ3n) is 3.13. The van der Waals surface area contributed by atoms with Crippen LogP contribution in [-0.4, -0.2) is 6.61 Å². The van der Waals surface area contributed by atoms with Gasteiger partial charge in [0.15, 0.2) is 0 Å². The monoisotopic (exact) mass is 278 g/mol. The fraction of sp³-hybridized carbons (Fsp3) is 0.200. The van der Waals surface area contributed by atoms with E-state index in [9.17, 15) is 0 Å². The molecule has 0 fully saturated rings. The summed E-state index contributed by atoms with van der Waals surface area (Å²) < 4.78 is 5.80. The van der Waals surface area contributed by atoms with E-state index in [1.165, 1.54) is 5.56 Å². The molecule has 0 atom stereocenters. The van der Waals surface area contributed by atoms with Crippen molar-refractivity contribution in [2.24, 2.45) is 0 Å². The number of hydrogen-bond acceptors (Lipinski definition) is 1. The molecule has 18 heavy (non-hydrogen) atoms. The smallest absolute Gasteiger partial charge is 0.130 e. The molecular weight excluding hydrogens is 267 g/mol. The first kappa shape index (κ1) is 11.9. The predicted octanol–water partition coefficient (Wildman–Crippen LogP) is 4.99. The van der Waals surface area contributed by atoms with E-state index in [1.807, 2.05) is 36.4 Å². The van der Waals surface area contributed by atoms with Crippen molar-refractivity contribution >= 4 is 23.2 Å². The van der Waals surface area contributed by atoms with E-state index in [4.69, 9.17) is 27.9 Å². The van der Waals surface area contributed by atoms with Gasteiger partial charge in [-0.25, -0.2) is 0 Å². The van der Waals surface area contributed by atoms with E-state index in [2.05, 4.69) is 0 Å². The van der Waals surface area contributed by atoms with Gasteiger partial charge in [-0.05, 0) is 36.6 Å². The number of hydrogen-bond donors (Lipinski definition) is 0. The van der Waals surface area contributed by atoms with Gasteiger partial charge in [-0.3, -0.25) is 0 Å². The summed E-state index contributed by atoms with van der Waals surface area (Å²) in [7, 11) is 0. The number of halogens is 2. The van der Waals surface area contributed by atoms with E-state index < -0.39 is 0 Å². The average Bonchev–Trinajstić information content (AvgIpc) is 2.38. The Morgan fingerprint density at radius 1 is 1.00 bits per heavy atom. The quantitative estimate of drug-likeness (QED) is 0.715. The van der Waals surface area contributed by atoms with Crippen molar-refractivity contribution in [1.29, 1.82) is 0 Å². The van der Waals surface area contributed by atoms with Crippen molar-refractivity contribution in [1.82, 2.24) is 0 Å². The molecule has 1 heterocycles. The van der Waals surface area contributed by atoms with Crippen molar-refractivity contribution in [3.63, 3.8) is 0 Å². The van der Waals surface area contributed by atoms with Crippen molar-refractivity contribution in [3.8, 4) is 16.9 Å². The molecule has 0 saturated carbocycles. The molecule has 0 amide bonds. The molecule has 0 bridgehead atoms. The predicted molar refractivity (Wildman–Crippen MR) is 75.7 cm³/mol. The number of aryl methyl sites for hydroxylation is 1. The van der Waals surface area contributed by atoms with E-state index in [1.54, 1.807) is 0 Å². The Labute approximate surface area is 116 Å². The maximum atomic E-state index is 6.25. The van der Waals surface area contributed by atoms with Crippen LogP contribution in [0.4, 0.5) is 0 Å². The number of ether oxygens (including phenoxy) is 1. The van der Waals surface area contributed by atoms with E-state index in [0.29, 0.717) is 0 Å². The van der Waals surface area contributed by atoms with Gasteiger partial charge in [-0.15, -0.1) is 0 Å². The van der Waals surface area contributed by atoms with Crippen LogP contribution in [0.2, 0.25) is 10.0 Å². The topological polar surface area (TPSA) is 9.23 Å². The first-order chi connectivity index (χ1) is 8.75. The third-order valence-corrected chi connectivity index (χ3v) is 3.68. The van der Waals surface area contributed by atoms with Crippen LogP contribution in [0.15, 0.2) is 36.4 Å². The van der Waals surface area contributed by atoms with Crippen molar-refractivity contribution in [3.05, 3.63) is 52.0 Å². The summed E-state index contributed by atoms with van der Waals surface area (Å²) in [4.78, 5) is 0. The van der Waals surface area contributed by atoms with Gasteiger partial charge in [0, 0.05) is 21.2 Å². The van der Waals surface area contributed by atoms with Crippen LogP contribution in [-0.2, 0) is 6.42 Å². The molecule has 1 nitrogen and oxygen atoms in total. The molecule has 2 aromatic carbocycles. The van der Waals surface area contributed by atoms with Crippen LogP contribution < -0.4 is 4.74 Å². The number of benzene rings is 2. The molecule has 0 saturated heterocycles. The second-order valence-corrected chi connectivity index (χ2v) is 5.22. The van der Waals surface area contributed by atoms with Crippen LogP contribution in [0.3, 0.4) is 0 Å². The van der Waals surface area contributed by atoms with E-state index in [0.717, 1.165) is 46.4 Å². The molecule has 0 aliphatic carbocycles. The minimum Gasteiger partial charge on any atom is -0.493 e. The SMILES string of the molecule is Clc1cc2c(c(-c3ccccc3Cl)c1)OCCC2. The van der Waals surface area contributed by atoms with Crippen molar-refractivity contribution in [2.45, 2.75) is 12.8 Å². The summed E-state index contributed by atoms with van der Waals surface area (Å²) in [6.07, 6.45) is 2.04. The fourth-order valence-electron chi connectivity index (χ4n) is 2.32. The molecule has 3 rings (SSSR count). The van der Waals surface area contributed by atoms with Crippen LogP contribution in [0.5, 0.6) is 5.75 Å². The number of fused-ring (bicyclic) bond motifs is 1. The van der Waals surface area contributed by atoms with Gasteiger partial charge >= 0.3 is 0 Å². The van der Waals surface area contributed by atoms with Crippen LogP contribution in [0.25, 0.3) is 11.1 Å². The summed E-state index contributed by atoms with van der Waals surface area (Å²) in [5, 5.41) is 1.45. The minimum atomic E-state index is 0.719. The molecule has 0 unspecified atom stereocenters. The maximum absolute atomic E-state index is 6.25. The molecule has 0 radical (unpaired) electrons. The zero-order valence-electron chi connectivity index (χ0n) is 9.75. The second-order valence-electron chi connectivity index (χ2n) is 4.37. The van der Waals surface area contributed by atoms with E-state index in [-0.39, 0.29) is 0 Å². The number of rotatable bonds is 1. The molecule has 0 N–H and O–H groups in total. The summed E-state index contributed by atoms with van der Waals surface area (Å²) in [5.41, 5.74) is 3.13. The van der Waals surface area contributed by atoms with Gasteiger partial charge in [0.25, 0.3) is 0 Å². The van der Waals surface area contributed by atoms with Gasteiger partial charge < -0.3 is 4.74 Å². The fourth-order valence-corrected chi connectivity index (χ4v) is 2.80. The van der Waals surface area contributed by atoms with Gasteiger partial charge in [0.1, 0.15) is 5.75 Å². The average molecular weight is 279 g/mol. The lowest BCUT2D eigenvalue weighted by molar-refractivity contribution is 0.289. The summed E-state index contributed by atoms with van der Waals surface area (Å²) in [5.74, 6) is 0.929. The van der Waals surface area contributed by atoms with Gasteiger partial charge in [0.05, 0.1) is 6.61 Å². The second kappa shape index (κ2) is 4.83. The zero-order chi connectivity index (χ0) is 12.5. The lowest BCUT2D eigenvalue weighted by Crippen LogP contribution is -2.09. The highest BCUT2D eigenvalue weighted by atomic mass is 35.5. The largest absolute Gasteiger partial charge is 0.493 e. The van der Waals surface area contributed by atoms with Gasteiger partial charge in [-0.2, -0.15) is 0 Å². The highest BCUT2D eigenvalue weighted by molar-refractivity contribution is 6.34. The molecule has 92 valence electrons. The Bertz CT molecular complexity index is 593. The van der Waals surface area contributed by atoms with E-state index >= 15 is 0 Å². The van der Waals surface area contributed by atoms with Crippen LogP contribution in [0, 0.1) is 0 Å². The molecule has 0 spiro atoms. The Hall–Kier alpha value is -1.18. The minimum absolute atomic E-state index is 0.719. The first-order valence-electron chi connectivity index (χ1n) is 5.96. The van der Waals surface area contributed by atoms with Gasteiger partial charge in [-0.1, -0.05) is 41.4 Å². The summed E-state index contributed by atoms with van der Waals surface area (Å²) in [6.45, 7) is 0.756. The van der Waals surface area contributed by atoms with Crippen molar-refractivity contribution < 1.29 is 4.74 Å². The molecular formula is C15H12Cl2O. The Balaban J connectivity index is 2.23. The molecule has 2 aromatic rings. The van der Waals surface area contributed by atoms with Crippen LogP contribution >= 0.6 is 23.2 Å². The molecule has 1 aliphatic heterocycles. The Morgan fingerprint density at radius 3 is 2.67 bits per heavy atom. The lowest BCUT2D eigenvalue weighted by atomic mass is 9.97. The summed E-state index contributed by atoms with van der Waals surface area (Å²) >= 11 is 12.4. The highest BCUT2D eigenvalue weighted by Gasteiger charge is 2.18. The van der Waals surface area contributed by atoms with Crippen molar-refractivity contribution in [2.75, 3.05) is 6.61 Å². The van der Waals surface area contributed by atoms with Gasteiger partial charge in [0.2, 0.25) is 0 Å². The lowest BCUT2D eigenvalue weighted by Gasteiger charge is -2.21. The third kappa shape index (κ3) is 2.09. The normalized spacial score (nSPS) is 13.9. The van der Waals surface area contributed by atoms with Crippen LogP contribution in [0.1, 0.15) is 12.0 Å². The highest BCUT2D eigenvalue weighted by Crippen LogP contribution is 2.41. The molecule has 1 aliphatic rings. The first-order valence-corrected chi connectivity index (χ1v) is 6.71.